The molecule has 1 rings (SSSR count). The van der Waals surface area contributed by atoms with Crippen LogP contribution in [0.25, 0.3) is 0 Å². The zero-order valence-corrected chi connectivity index (χ0v) is 9.67. The van der Waals surface area contributed by atoms with Gasteiger partial charge < -0.3 is 4.90 Å². The van der Waals surface area contributed by atoms with Crippen molar-refractivity contribution in [3.8, 4) is 0 Å². The lowest BCUT2D eigenvalue weighted by molar-refractivity contribution is -0.125. The monoisotopic (exact) mass is 213 g/mol. The minimum absolute atomic E-state index is 0.00516. The number of nitrogens with zero attached hydrogens (tertiary/aromatic N) is 1. The van der Waals surface area contributed by atoms with E-state index in [0.717, 1.165) is 19.6 Å². The van der Waals surface area contributed by atoms with E-state index in [1.807, 2.05) is 6.92 Å². The highest BCUT2D eigenvalue weighted by Crippen LogP contribution is 2.11. The molecular weight excluding hydrogens is 190 g/mol. The van der Waals surface area contributed by atoms with Crippen LogP contribution in [0.3, 0.4) is 0 Å². The Kier molecular flexibility index (Phi) is 5.65. The molecule has 15 heavy (non-hydrogen) atoms. The second-order valence-electron chi connectivity index (χ2n) is 4.48. The molecule has 1 atom stereocenters. The van der Waals surface area contributed by atoms with E-state index in [9.17, 15) is 4.79 Å². The van der Waals surface area contributed by atoms with Gasteiger partial charge in [-0.3, -0.25) is 10.2 Å². The molecule has 1 saturated heterocycles. The third-order valence-corrected chi connectivity index (χ3v) is 3.07. The summed E-state index contributed by atoms with van der Waals surface area (Å²) in [4.78, 5) is 13.7. The van der Waals surface area contributed by atoms with E-state index in [4.69, 9.17) is 5.84 Å². The molecular formula is C11H23N3O. The number of amides is 1. The maximum absolute atomic E-state index is 11.3. The standard InChI is InChI=1S/C11H23N3O/c1-10(11(15)13-12)9-14-7-5-3-2-4-6-8-14/h10H,2-9,12H2,1H3,(H,13,15). The zero-order valence-electron chi connectivity index (χ0n) is 9.67. The van der Waals surface area contributed by atoms with Crippen LogP contribution in [0.2, 0.25) is 0 Å². The summed E-state index contributed by atoms with van der Waals surface area (Å²) < 4.78 is 0. The number of rotatable bonds is 3. The van der Waals surface area contributed by atoms with Gasteiger partial charge in [0.15, 0.2) is 0 Å². The Bertz CT molecular complexity index is 188. The van der Waals surface area contributed by atoms with E-state index in [0.29, 0.717) is 0 Å². The van der Waals surface area contributed by atoms with Crippen LogP contribution >= 0.6 is 0 Å². The molecule has 1 aliphatic heterocycles. The van der Waals surface area contributed by atoms with Crippen molar-refractivity contribution in [2.75, 3.05) is 19.6 Å². The average Bonchev–Trinajstić information content (AvgIpc) is 2.20. The number of likely N-dealkylation sites (tertiary alicyclic amines) is 1. The Labute approximate surface area is 92.2 Å². The summed E-state index contributed by atoms with van der Waals surface area (Å²) in [6.07, 6.45) is 6.54. The van der Waals surface area contributed by atoms with Crippen molar-refractivity contribution < 1.29 is 4.79 Å². The number of hydrogen-bond acceptors (Lipinski definition) is 3. The van der Waals surface area contributed by atoms with Crippen molar-refractivity contribution in [1.29, 1.82) is 0 Å². The molecule has 88 valence electrons. The summed E-state index contributed by atoms with van der Waals surface area (Å²) in [6, 6.07) is 0. The van der Waals surface area contributed by atoms with E-state index >= 15 is 0 Å². The number of carbonyl (C=O) groups is 1. The summed E-state index contributed by atoms with van der Waals surface area (Å²) in [7, 11) is 0. The van der Waals surface area contributed by atoms with E-state index in [2.05, 4.69) is 10.3 Å². The van der Waals surface area contributed by atoms with Crippen molar-refractivity contribution in [3.63, 3.8) is 0 Å². The first-order chi connectivity index (χ1) is 7.24. The predicted molar refractivity (Wildman–Crippen MR) is 61.0 cm³/mol. The summed E-state index contributed by atoms with van der Waals surface area (Å²) in [5.74, 6) is 5.05. The lowest BCUT2D eigenvalue weighted by Crippen LogP contribution is -2.41. The van der Waals surface area contributed by atoms with Gasteiger partial charge >= 0.3 is 0 Å². The largest absolute Gasteiger partial charge is 0.303 e. The van der Waals surface area contributed by atoms with Crippen LogP contribution in [0.5, 0.6) is 0 Å². The van der Waals surface area contributed by atoms with Gasteiger partial charge in [-0.1, -0.05) is 26.2 Å². The first kappa shape index (κ1) is 12.5. The number of nitrogens with one attached hydrogen (secondary N) is 1. The third-order valence-electron chi connectivity index (χ3n) is 3.07. The third kappa shape index (κ3) is 4.62. The van der Waals surface area contributed by atoms with Crippen LogP contribution in [0.15, 0.2) is 0 Å². The van der Waals surface area contributed by atoms with Gasteiger partial charge in [-0.2, -0.15) is 0 Å². The SMILES string of the molecule is CC(CN1CCCCCCC1)C(=O)NN. The predicted octanol–water partition coefficient (Wildman–Crippen LogP) is 0.879. The highest BCUT2D eigenvalue weighted by Gasteiger charge is 2.16. The molecule has 0 spiro atoms. The number of nitrogens with two attached hydrogens (primary N) is 1. The molecule has 0 aliphatic carbocycles. The van der Waals surface area contributed by atoms with Crippen LogP contribution < -0.4 is 11.3 Å². The van der Waals surface area contributed by atoms with Crippen LogP contribution in [-0.4, -0.2) is 30.4 Å². The molecule has 1 unspecified atom stereocenters. The molecule has 0 bridgehead atoms. The Hall–Kier alpha value is -0.610. The minimum Gasteiger partial charge on any atom is -0.303 e. The van der Waals surface area contributed by atoms with Gasteiger partial charge in [0.2, 0.25) is 5.91 Å². The number of hydrogen-bond donors (Lipinski definition) is 2. The van der Waals surface area contributed by atoms with Crippen molar-refractivity contribution in [1.82, 2.24) is 10.3 Å². The molecule has 0 aromatic heterocycles. The maximum Gasteiger partial charge on any atom is 0.237 e. The molecule has 1 amide bonds. The molecule has 3 N–H and O–H groups in total. The maximum atomic E-state index is 11.3. The molecule has 0 aromatic rings. The Morgan fingerprint density at radius 1 is 1.27 bits per heavy atom. The van der Waals surface area contributed by atoms with E-state index in [-0.39, 0.29) is 11.8 Å². The topological polar surface area (TPSA) is 58.4 Å². The lowest BCUT2D eigenvalue weighted by Gasteiger charge is -2.26. The summed E-state index contributed by atoms with van der Waals surface area (Å²) in [5, 5.41) is 0. The quantitative estimate of drug-likeness (QED) is 0.415. The van der Waals surface area contributed by atoms with Gasteiger partial charge in [0.25, 0.3) is 0 Å². The summed E-state index contributed by atoms with van der Waals surface area (Å²) in [6.45, 7) is 5.02. The van der Waals surface area contributed by atoms with Gasteiger partial charge in [-0.05, 0) is 25.9 Å². The number of carbonyl (C=O) groups excluding carboxylic acids is 1. The average molecular weight is 213 g/mol. The zero-order chi connectivity index (χ0) is 11.1. The fraction of sp³-hybridized carbons (Fsp3) is 0.909. The fourth-order valence-electron chi connectivity index (χ4n) is 2.11. The van der Waals surface area contributed by atoms with Crippen LogP contribution in [0.1, 0.15) is 39.0 Å². The highest BCUT2D eigenvalue weighted by molar-refractivity contribution is 5.77. The molecule has 0 radical (unpaired) electrons. The Morgan fingerprint density at radius 3 is 2.33 bits per heavy atom. The van der Waals surface area contributed by atoms with Crippen molar-refractivity contribution in [3.05, 3.63) is 0 Å². The second kappa shape index (κ2) is 6.80. The van der Waals surface area contributed by atoms with Gasteiger partial charge in [0.1, 0.15) is 0 Å². The Morgan fingerprint density at radius 2 is 1.80 bits per heavy atom. The van der Waals surface area contributed by atoms with Crippen molar-refractivity contribution in [2.24, 2.45) is 11.8 Å². The van der Waals surface area contributed by atoms with Gasteiger partial charge in [0.05, 0.1) is 0 Å². The van der Waals surface area contributed by atoms with Crippen molar-refractivity contribution in [2.45, 2.75) is 39.0 Å². The van der Waals surface area contributed by atoms with Crippen LogP contribution in [-0.2, 0) is 4.79 Å². The van der Waals surface area contributed by atoms with E-state index < -0.39 is 0 Å². The lowest BCUT2D eigenvalue weighted by atomic mass is 10.1. The van der Waals surface area contributed by atoms with Crippen LogP contribution in [0, 0.1) is 5.92 Å². The van der Waals surface area contributed by atoms with Crippen LogP contribution in [0.4, 0.5) is 0 Å². The Balaban J connectivity index is 2.31. The summed E-state index contributed by atoms with van der Waals surface area (Å²) in [5.41, 5.74) is 2.22. The van der Waals surface area contributed by atoms with Gasteiger partial charge in [-0.15, -0.1) is 0 Å². The second-order valence-corrected chi connectivity index (χ2v) is 4.48. The molecule has 4 nitrogen and oxygen atoms in total. The highest BCUT2D eigenvalue weighted by atomic mass is 16.2. The normalized spacial score (nSPS) is 21.5. The van der Waals surface area contributed by atoms with E-state index in [1.165, 1.54) is 32.1 Å². The smallest absolute Gasteiger partial charge is 0.237 e. The molecule has 1 aliphatic rings. The fourth-order valence-corrected chi connectivity index (χ4v) is 2.11. The van der Waals surface area contributed by atoms with Gasteiger partial charge in [-0.25, -0.2) is 5.84 Å². The summed E-state index contributed by atoms with van der Waals surface area (Å²) >= 11 is 0. The first-order valence-corrected chi connectivity index (χ1v) is 5.97. The van der Waals surface area contributed by atoms with Crippen molar-refractivity contribution >= 4 is 5.91 Å². The molecule has 0 aromatic carbocycles. The number of hydrazine groups is 1. The minimum atomic E-state index is -0.0583. The van der Waals surface area contributed by atoms with E-state index in [1.54, 1.807) is 0 Å². The molecule has 4 heteroatoms. The molecule has 1 heterocycles. The first-order valence-electron chi connectivity index (χ1n) is 5.97. The van der Waals surface area contributed by atoms with Gasteiger partial charge in [0, 0.05) is 12.5 Å². The molecule has 1 fully saturated rings. The molecule has 0 saturated carbocycles.